The van der Waals surface area contributed by atoms with E-state index in [1.54, 1.807) is 47.5 Å². The number of nitrogens with one attached hydrogen (secondary N) is 1. The van der Waals surface area contributed by atoms with Crippen molar-refractivity contribution in [1.82, 2.24) is 20.1 Å². The first-order valence-corrected chi connectivity index (χ1v) is 16.1. The summed E-state index contributed by atoms with van der Waals surface area (Å²) in [5.74, 6) is -4.55. The second-order valence-corrected chi connectivity index (χ2v) is 12.5. The average molecular weight is 756 g/mol. The van der Waals surface area contributed by atoms with Crippen LogP contribution in [0, 0.1) is 42.6 Å². The second-order valence-electron chi connectivity index (χ2n) is 11.6. The number of rotatable bonds is 12. The third kappa shape index (κ3) is 8.42. The van der Waals surface area contributed by atoms with Crippen LogP contribution >= 0.6 is 11.3 Å². The molecule has 3 aromatic carbocycles. The molecule has 0 aliphatic heterocycles. The predicted octanol–water partition coefficient (Wildman–Crippen LogP) is 2.46. The number of esters is 1. The van der Waals surface area contributed by atoms with Crippen molar-refractivity contribution in [3.63, 3.8) is 0 Å². The Balaban J connectivity index is 0.00000541. The number of likely N-dealkylation sites (N-methyl/N-ethyl adjacent to an activating group) is 1. The maximum absolute atomic E-state index is 15.3. The zero-order valence-electron chi connectivity index (χ0n) is 27.2. The molecule has 2 N–H and O–H groups in total. The van der Waals surface area contributed by atoms with E-state index in [0.29, 0.717) is 47.2 Å². The Morgan fingerprint density at radius 2 is 1.80 bits per heavy atom. The number of carbonyl (C=O) groups is 1. The Bertz CT molecular complexity index is 1970. The van der Waals surface area contributed by atoms with Crippen LogP contribution in [0.2, 0.25) is 0 Å². The molecule has 0 saturated heterocycles. The van der Waals surface area contributed by atoms with E-state index < -0.39 is 34.5 Å². The summed E-state index contributed by atoms with van der Waals surface area (Å²) in [4.78, 5) is 16.8. The third-order valence-corrected chi connectivity index (χ3v) is 9.08. The van der Waals surface area contributed by atoms with Gasteiger partial charge in [0.25, 0.3) is 6.33 Å². The summed E-state index contributed by atoms with van der Waals surface area (Å²) in [6, 6.07) is 13.8. The van der Waals surface area contributed by atoms with Gasteiger partial charge in [0.1, 0.15) is 23.7 Å². The smallest absolute Gasteiger partial charge is 0.325 e. The average Bonchev–Trinajstić information content (AvgIpc) is 3.73. The molecule has 0 amide bonds. The van der Waals surface area contributed by atoms with Gasteiger partial charge in [0.05, 0.1) is 35.4 Å². The molecule has 0 aliphatic carbocycles. The molecule has 2 atom stereocenters. The van der Waals surface area contributed by atoms with Gasteiger partial charge < -0.3 is 32.1 Å². The Hall–Kier alpha value is -4.42. The minimum Gasteiger partial charge on any atom is -1.00 e. The molecule has 0 radical (unpaired) electrons. The number of halogens is 4. The minimum atomic E-state index is -2.10. The van der Waals surface area contributed by atoms with Gasteiger partial charge in [-0.15, -0.1) is 16.0 Å². The van der Waals surface area contributed by atoms with Crippen molar-refractivity contribution >= 4 is 17.3 Å². The van der Waals surface area contributed by atoms with Gasteiger partial charge in [-0.05, 0) is 67.4 Å². The molecule has 49 heavy (non-hydrogen) atoms. The first kappa shape index (κ1) is 37.4. The van der Waals surface area contributed by atoms with E-state index in [0.717, 1.165) is 22.3 Å². The largest absolute Gasteiger partial charge is 1.00 e. The van der Waals surface area contributed by atoms with Gasteiger partial charge in [-0.2, -0.15) is 5.26 Å². The molecule has 14 heteroatoms. The third-order valence-electron chi connectivity index (χ3n) is 8.05. The van der Waals surface area contributed by atoms with Crippen LogP contribution in [0.15, 0.2) is 66.6 Å². The highest BCUT2D eigenvalue weighted by Crippen LogP contribution is 2.42. The van der Waals surface area contributed by atoms with E-state index >= 15 is 4.39 Å². The number of carbonyl (C=O) groups excluding carboxylic acids is 1. The fraction of sp³-hybridized carbons (Fsp3) is 0.286. The van der Waals surface area contributed by atoms with Crippen LogP contribution < -0.4 is 31.6 Å². The lowest BCUT2D eigenvalue weighted by Crippen LogP contribution is -3.00. The van der Waals surface area contributed by atoms with E-state index in [1.807, 2.05) is 32.9 Å². The molecule has 0 unspecified atom stereocenters. The fourth-order valence-corrected chi connectivity index (χ4v) is 6.47. The quantitative estimate of drug-likeness (QED) is 0.0871. The molecule has 2 aromatic heterocycles. The van der Waals surface area contributed by atoms with E-state index in [4.69, 9.17) is 10.00 Å². The molecular weight excluding hydrogens is 721 g/mol. The first-order chi connectivity index (χ1) is 22.9. The lowest BCUT2D eigenvalue weighted by Gasteiger charge is -2.32. The van der Waals surface area contributed by atoms with Gasteiger partial charge in [0, 0.05) is 33.6 Å². The van der Waals surface area contributed by atoms with E-state index in [-0.39, 0.29) is 36.0 Å². The van der Waals surface area contributed by atoms with Crippen LogP contribution in [0.25, 0.3) is 11.3 Å². The van der Waals surface area contributed by atoms with E-state index in [9.17, 15) is 18.7 Å². The minimum absolute atomic E-state index is 0. The van der Waals surface area contributed by atoms with Gasteiger partial charge in [-0.1, -0.05) is 26.0 Å². The predicted molar refractivity (Wildman–Crippen MR) is 173 cm³/mol. The summed E-state index contributed by atoms with van der Waals surface area (Å²) >= 11 is 1.23. The lowest BCUT2D eigenvalue weighted by atomic mass is 9.82. The standard InChI is InChI=1S/C35H34F3N6O3S.BrH/c1-5-40-15-32(45)47-33-21(2)10-25(11-22(33)3)16-43-19-41-44(20-43)18-35(46,27-12-29(37)30(38)13-28(27)36)23(4)34-42-31(17-48-34)26-8-6-24(14-39)7-9-26;/h6-13,17,19-20,23,40,46H,5,15-16,18H2,1-4H3;1H/q+1;/p-1/t23-,35+;/m0./s1. The molecule has 0 aliphatic rings. The Kier molecular flexibility index (Phi) is 12.1. The number of nitriles is 1. The topological polar surface area (TPSA) is 117 Å². The number of thiazole rings is 1. The van der Waals surface area contributed by atoms with E-state index in [2.05, 4.69) is 21.5 Å². The molecule has 0 saturated carbocycles. The van der Waals surface area contributed by atoms with Crippen LogP contribution in [0.4, 0.5) is 13.2 Å². The Morgan fingerprint density at radius 1 is 1.12 bits per heavy atom. The lowest BCUT2D eigenvalue weighted by molar-refractivity contribution is -0.689. The maximum atomic E-state index is 15.3. The van der Waals surface area contributed by atoms with Gasteiger partial charge in [0.15, 0.2) is 11.6 Å². The molecule has 0 spiro atoms. The highest BCUT2D eigenvalue weighted by molar-refractivity contribution is 7.10. The first-order valence-electron chi connectivity index (χ1n) is 15.2. The summed E-state index contributed by atoms with van der Waals surface area (Å²) in [5.41, 5.74) is 1.74. The van der Waals surface area contributed by atoms with Crippen LogP contribution in [0.3, 0.4) is 0 Å². The highest BCUT2D eigenvalue weighted by Gasteiger charge is 2.44. The molecule has 9 nitrogen and oxygen atoms in total. The van der Waals surface area contributed by atoms with Crippen molar-refractivity contribution in [3.05, 3.63) is 117 Å². The van der Waals surface area contributed by atoms with Gasteiger partial charge >= 0.3 is 5.97 Å². The zero-order chi connectivity index (χ0) is 34.6. The molecular formula is C35H34BrF3N6O3S. The van der Waals surface area contributed by atoms with Gasteiger partial charge in [-0.25, -0.2) is 22.7 Å². The SMILES string of the molecule is CCNCC(=O)Oc1c(C)cc(C[n+]2cnn(C[C@](O)(c3cc(F)c(F)cc3F)[C@@H](C)c3nc(-c4ccc(C#N)cc4)cs3)c2)cc1C.[Br-]. The number of hydrogen-bond donors (Lipinski definition) is 2. The summed E-state index contributed by atoms with van der Waals surface area (Å²) in [6.45, 7) is 8.05. The summed E-state index contributed by atoms with van der Waals surface area (Å²) in [6.07, 6.45) is 3.16. The van der Waals surface area contributed by atoms with Crippen molar-refractivity contribution in [2.75, 3.05) is 13.1 Å². The summed E-state index contributed by atoms with van der Waals surface area (Å²) < 4.78 is 52.5. The molecule has 2 heterocycles. The maximum Gasteiger partial charge on any atom is 0.325 e. The molecule has 0 fully saturated rings. The van der Waals surface area contributed by atoms with Crippen molar-refractivity contribution in [3.8, 4) is 23.1 Å². The number of aliphatic hydroxyl groups is 1. The van der Waals surface area contributed by atoms with Crippen molar-refractivity contribution in [1.29, 1.82) is 5.26 Å². The number of hydrogen-bond acceptors (Lipinski definition) is 8. The monoisotopic (exact) mass is 754 g/mol. The molecule has 5 rings (SSSR count). The number of benzene rings is 3. The van der Waals surface area contributed by atoms with Crippen LogP contribution in [0.5, 0.6) is 5.75 Å². The molecule has 256 valence electrons. The second kappa shape index (κ2) is 15.9. The number of ether oxygens (including phenoxy) is 1. The number of aromatic nitrogens is 4. The van der Waals surface area contributed by atoms with Crippen LogP contribution in [-0.2, 0) is 23.5 Å². The molecule has 5 aromatic rings. The normalized spacial score (nSPS) is 12.9. The van der Waals surface area contributed by atoms with Crippen LogP contribution in [-0.4, -0.2) is 38.9 Å². The van der Waals surface area contributed by atoms with Crippen LogP contribution in [0.1, 0.15) is 52.6 Å². The summed E-state index contributed by atoms with van der Waals surface area (Å²) in [7, 11) is 0. The molecule has 0 bridgehead atoms. The highest BCUT2D eigenvalue weighted by atomic mass is 79.9. The number of aryl methyl sites for hydroxylation is 2. The zero-order valence-corrected chi connectivity index (χ0v) is 29.6. The summed E-state index contributed by atoms with van der Waals surface area (Å²) in [5, 5.41) is 30.9. The van der Waals surface area contributed by atoms with Gasteiger partial charge in [0.2, 0.25) is 6.33 Å². The Labute approximate surface area is 296 Å². The van der Waals surface area contributed by atoms with Crippen molar-refractivity contribution < 1.29 is 49.4 Å². The number of nitrogens with zero attached hydrogens (tertiary/aromatic N) is 5. The van der Waals surface area contributed by atoms with Gasteiger partial charge in [-0.3, -0.25) is 4.79 Å². The van der Waals surface area contributed by atoms with E-state index in [1.165, 1.54) is 22.3 Å². The van der Waals surface area contributed by atoms with Crippen molar-refractivity contribution in [2.24, 2.45) is 0 Å². The Morgan fingerprint density at radius 3 is 2.45 bits per heavy atom. The fourth-order valence-electron chi connectivity index (χ4n) is 5.50. The van der Waals surface area contributed by atoms with Crippen molar-refractivity contribution in [2.45, 2.75) is 52.3 Å².